The molecular formula is C66H45N. The van der Waals surface area contributed by atoms with Crippen LogP contribution in [0.4, 0.5) is 17.1 Å². The van der Waals surface area contributed by atoms with Gasteiger partial charge in [0.15, 0.2) is 0 Å². The third-order valence-corrected chi connectivity index (χ3v) is 13.2. The molecule has 0 N–H and O–H groups in total. The Hall–Kier alpha value is -8.78. The van der Waals surface area contributed by atoms with Crippen molar-refractivity contribution in [2.75, 3.05) is 4.90 Å². The number of fused-ring (bicyclic) bond motifs is 5. The lowest BCUT2D eigenvalue weighted by Crippen LogP contribution is -2.11. The van der Waals surface area contributed by atoms with Crippen molar-refractivity contribution in [3.8, 4) is 66.8 Å². The Morgan fingerprint density at radius 2 is 0.627 bits per heavy atom. The second kappa shape index (κ2) is 17.3. The van der Waals surface area contributed by atoms with Crippen molar-refractivity contribution in [2.24, 2.45) is 0 Å². The van der Waals surface area contributed by atoms with Crippen LogP contribution in [0.3, 0.4) is 0 Å². The van der Waals surface area contributed by atoms with E-state index in [-0.39, 0.29) is 0 Å². The van der Waals surface area contributed by atoms with Gasteiger partial charge in [0.05, 0.1) is 0 Å². The van der Waals surface area contributed by atoms with Gasteiger partial charge in [-0.25, -0.2) is 0 Å². The molecule has 0 saturated carbocycles. The molecule has 12 aromatic carbocycles. The maximum Gasteiger partial charge on any atom is 0.0473 e. The number of anilines is 3. The van der Waals surface area contributed by atoms with Crippen LogP contribution in [-0.2, 0) is 0 Å². The van der Waals surface area contributed by atoms with Crippen molar-refractivity contribution in [3.05, 3.63) is 273 Å². The summed E-state index contributed by atoms with van der Waals surface area (Å²) in [5.74, 6) is 0. The zero-order chi connectivity index (χ0) is 44.5. The predicted octanol–water partition coefficient (Wildman–Crippen LogP) is 18.6. The zero-order valence-electron chi connectivity index (χ0n) is 36.9. The van der Waals surface area contributed by atoms with Crippen LogP contribution in [0.25, 0.3) is 99.1 Å². The molecule has 0 aliphatic rings. The van der Waals surface area contributed by atoms with Gasteiger partial charge in [0, 0.05) is 17.1 Å². The first-order chi connectivity index (χ1) is 33.2. The Morgan fingerprint density at radius 3 is 1.25 bits per heavy atom. The Balaban J connectivity index is 1.03. The average molecular weight is 852 g/mol. The number of nitrogens with zero attached hydrogens (tertiary/aromatic N) is 1. The van der Waals surface area contributed by atoms with Crippen LogP contribution in [0.15, 0.2) is 273 Å². The van der Waals surface area contributed by atoms with Crippen LogP contribution in [0.1, 0.15) is 0 Å². The Bertz CT molecular complexity index is 3650. The summed E-state index contributed by atoms with van der Waals surface area (Å²) >= 11 is 0. The lowest BCUT2D eigenvalue weighted by atomic mass is 9.91. The molecule has 12 aromatic rings. The quantitative estimate of drug-likeness (QED) is 0.131. The number of hydrogen-bond acceptors (Lipinski definition) is 1. The van der Waals surface area contributed by atoms with Crippen molar-refractivity contribution < 1.29 is 0 Å². The normalized spacial score (nSPS) is 11.3. The molecule has 12 rings (SSSR count). The van der Waals surface area contributed by atoms with Gasteiger partial charge >= 0.3 is 0 Å². The van der Waals surface area contributed by atoms with E-state index < -0.39 is 0 Å². The highest BCUT2D eigenvalue weighted by molar-refractivity contribution is 6.17. The molecule has 0 radical (unpaired) electrons. The van der Waals surface area contributed by atoms with Crippen LogP contribution < -0.4 is 4.90 Å². The molecule has 0 saturated heterocycles. The van der Waals surface area contributed by atoms with Crippen molar-refractivity contribution in [1.82, 2.24) is 0 Å². The summed E-state index contributed by atoms with van der Waals surface area (Å²) in [4.78, 5) is 2.43. The van der Waals surface area contributed by atoms with Crippen LogP contribution in [0.2, 0.25) is 0 Å². The highest BCUT2D eigenvalue weighted by atomic mass is 15.1. The van der Waals surface area contributed by atoms with Gasteiger partial charge in [0.25, 0.3) is 0 Å². The molecule has 0 fully saturated rings. The van der Waals surface area contributed by atoms with Gasteiger partial charge in [-0.1, -0.05) is 218 Å². The Morgan fingerprint density at radius 1 is 0.179 bits per heavy atom. The average Bonchev–Trinajstić information content (AvgIpc) is 3.41. The van der Waals surface area contributed by atoms with Crippen LogP contribution >= 0.6 is 0 Å². The van der Waals surface area contributed by atoms with Crippen LogP contribution in [0, 0.1) is 0 Å². The first-order valence-corrected chi connectivity index (χ1v) is 23.1. The van der Waals surface area contributed by atoms with Gasteiger partial charge in [-0.15, -0.1) is 0 Å². The number of rotatable bonds is 9. The Kier molecular flexibility index (Phi) is 10.3. The molecule has 1 nitrogen and oxygen atoms in total. The highest BCUT2D eigenvalue weighted by Gasteiger charge is 2.19. The van der Waals surface area contributed by atoms with E-state index in [1.54, 1.807) is 0 Å². The van der Waals surface area contributed by atoms with Crippen LogP contribution in [0.5, 0.6) is 0 Å². The lowest BCUT2D eigenvalue weighted by Gasteiger charge is -2.28. The monoisotopic (exact) mass is 851 g/mol. The van der Waals surface area contributed by atoms with Crippen molar-refractivity contribution in [1.29, 1.82) is 0 Å². The third kappa shape index (κ3) is 7.73. The van der Waals surface area contributed by atoms with Gasteiger partial charge < -0.3 is 4.90 Å². The first kappa shape index (κ1) is 39.8. The third-order valence-electron chi connectivity index (χ3n) is 13.2. The van der Waals surface area contributed by atoms with E-state index in [2.05, 4.69) is 278 Å². The molecule has 0 atom stereocenters. The number of benzene rings is 12. The minimum Gasteiger partial charge on any atom is -0.310 e. The van der Waals surface area contributed by atoms with Crippen LogP contribution in [-0.4, -0.2) is 0 Å². The van der Waals surface area contributed by atoms with E-state index in [0.717, 1.165) is 28.2 Å². The van der Waals surface area contributed by atoms with E-state index >= 15 is 0 Å². The molecule has 314 valence electrons. The fraction of sp³-hybridized carbons (Fsp3) is 0. The van der Waals surface area contributed by atoms with Crippen molar-refractivity contribution in [3.63, 3.8) is 0 Å². The summed E-state index contributed by atoms with van der Waals surface area (Å²) in [7, 11) is 0. The SMILES string of the molecule is c1ccc(-c2cccc(-c3ccc(N(c4cc(-c5ccccc5)cc(-c5ccccc5)c4)c4ccc(-c5ccc6c(ccc7c8ccccc8ccc67)c5)c(-c5ccccc5)c4)cc3)c2)cc1. The van der Waals surface area contributed by atoms with Gasteiger partial charge in [-0.3, -0.25) is 0 Å². The van der Waals surface area contributed by atoms with Gasteiger partial charge in [0.1, 0.15) is 0 Å². The van der Waals surface area contributed by atoms with E-state index in [1.807, 2.05) is 0 Å². The molecule has 0 aliphatic carbocycles. The predicted molar refractivity (Wildman–Crippen MR) is 286 cm³/mol. The Labute approximate surface area is 392 Å². The maximum atomic E-state index is 2.43. The minimum absolute atomic E-state index is 1.07. The summed E-state index contributed by atoms with van der Waals surface area (Å²) in [6.45, 7) is 0. The topological polar surface area (TPSA) is 3.24 Å². The molecular weight excluding hydrogens is 807 g/mol. The maximum absolute atomic E-state index is 2.43. The zero-order valence-corrected chi connectivity index (χ0v) is 36.9. The molecule has 0 spiro atoms. The van der Waals surface area contributed by atoms with E-state index in [9.17, 15) is 0 Å². The largest absolute Gasteiger partial charge is 0.310 e. The fourth-order valence-corrected chi connectivity index (χ4v) is 9.87. The van der Waals surface area contributed by atoms with Gasteiger partial charge in [-0.2, -0.15) is 0 Å². The molecule has 0 amide bonds. The van der Waals surface area contributed by atoms with Crippen molar-refractivity contribution >= 4 is 49.4 Å². The van der Waals surface area contributed by atoms with E-state index in [1.165, 1.54) is 88.0 Å². The number of hydrogen-bond donors (Lipinski definition) is 0. The highest BCUT2D eigenvalue weighted by Crippen LogP contribution is 2.44. The molecule has 1 heteroatoms. The minimum atomic E-state index is 1.07. The summed E-state index contributed by atoms with van der Waals surface area (Å²) in [6.07, 6.45) is 0. The molecule has 0 aromatic heterocycles. The molecule has 0 aliphatic heterocycles. The summed E-state index contributed by atoms with van der Waals surface area (Å²) < 4.78 is 0. The van der Waals surface area contributed by atoms with E-state index in [4.69, 9.17) is 0 Å². The molecule has 67 heavy (non-hydrogen) atoms. The summed E-state index contributed by atoms with van der Waals surface area (Å²) in [6, 6.07) is 99.6. The van der Waals surface area contributed by atoms with E-state index in [0.29, 0.717) is 0 Å². The fourth-order valence-electron chi connectivity index (χ4n) is 9.87. The standard InChI is InChI=1S/C66H45N/c1-5-16-46(17-6-1)52-25-15-26-53(40-52)49-28-33-58(34-29-49)67(60-43-56(47-18-7-2-8-19-47)42-57(44-60)48-20-9-3-10-21-48)59-35-39-63(66(45-59)50-22-11-4-12-23-50)55-31-36-62-54(41-55)32-38-64-61-27-14-13-24-51(61)30-37-65(62)64/h1-45H. The summed E-state index contributed by atoms with van der Waals surface area (Å²) in [5.41, 5.74) is 17.4. The van der Waals surface area contributed by atoms with Crippen molar-refractivity contribution in [2.45, 2.75) is 0 Å². The molecule has 0 bridgehead atoms. The lowest BCUT2D eigenvalue weighted by molar-refractivity contribution is 1.28. The molecule has 0 unspecified atom stereocenters. The van der Waals surface area contributed by atoms with Gasteiger partial charge in [0.2, 0.25) is 0 Å². The summed E-state index contributed by atoms with van der Waals surface area (Å²) in [5, 5.41) is 7.60. The smallest absolute Gasteiger partial charge is 0.0473 e. The molecule has 0 heterocycles. The second-order valence-corrected chi connectivity index (χ2v) is 17.3. The van der Waals surface area contributed by atoms with Gasteiger partial charge in [-0.05, 0) is 154 Å². The first-order valence-electron chi connectivity index (χ1n) is 23.1. The second-order valence-electron chi connectivity index (χ2n) is 17.3.